The van der Waals surface area contributed by atoms with Gasteiger partial charge in [0.05, 0.1) is 32.5 Å². The van der Waals surface area contributed by atoms with Crippen LogP contribution in [0.1, 0.15) is 33.5 Å². The molecule has 30 heavy (non-hydrogen) atoms. The van der Waals surface area contributed by atoms with Gasteiger partial charge in [-0.3, -0.25) is 14.6 Å². The fraction of sp³-hybridized carbons (Fsp3) is 0.522. The summed E-state index contributed by atoms with van der Waals surface area (Å²) in [5.41, 5.74) is 1.84. The number of morpholine rings is 2. The molecule has 2 aliphatic heterocycles. The molecule has 1 N–H and O–H groups in total. The molecule has 7 heteroatoms. The zero-order valence-corrected chi connectivity index (χ0v) is 17.6. The summed E-state index contributed by atoms with van der Waals surface area (Å²) in [6, 6.07) is 11.9. The molecule has 0 radical (unpaired) electrons. The van der Waals surface area contributed by atoms with Crippen LogP contribution < -0.4 is 5.32 Å². The molecule has 2 aromatic rings. The quantitative estimate of drug-likeness (QED) is 0.751. The van der Waals surface area contributed by atoms with E-state index in [1.54, 1.807) is 0 Å². The van der Waals surface area contributed by atoms with Gasteiger partial charge in [-0.05, 0) is 36.8 Å². The molecule has 4 rings (SSSR count). The van der Waals surface area contributed by atoms with Crippen LogP contribution in [0.5, 0.6) is 0 Å². The Kier molecular flexibility index (Phi) is 7.17. The van der Waals surface area contributed by atoms with Crippen molar-refractivity contribution in [2.75, 3.05) is 59.2 Å². The molecule has 2 saturated heterocycles. The van der Waals surface area contributed by atoms with Crippen molar-refractivity contribution in [1.82, 2.24) is 15.1 Å². The molecule has 2 fully saturated rings. The number of rotatable bonds is 7. The Balaban J connectivity index is 1.39. The number of amides is 1. The van der Waals surface area contributed by atoms with Gasteiger partial charge in [0.25, 0.3) is 5.91 Å². The Labute approximate surface area is 177 Å². The van der Waals surface area contributed by atoms with E-state index in [4.69, 9.17) is 13.9 Å². The van der Waals surface area contributed by atoms with Crippen molar-refractivity contribution in [1.29, 1.82) is 0 Å². The minimum absolute atomic E-state index is 0.00285. The molecular formula is C23H31N3O4. The number of nitrogens with one attached hydrogen (secondary N) is 1. The number of nitrogens with zero attached hydrogens (tertiary/aromatic N) is 2. The van der Waals surface area contributed by atoms with Crippen molar-refractivity contribution < 1.29 is 18.7 Å². The Morgan fingerprint density at radius 2 is 1.77 bits per heavy atom. The van der Waals surface area contributed by atoms with Gasteiger partial charge in [0.2, 0.25) is 0 Å². The summed E-state index contributed by atoms with van der Waals surface area (Å²) in [5.74, 6) is 1.71. The predicted octanol–water partition coefficient (Wildman–Crippen LogP) is 2.22. The highest BCUT2D eigenvalue weighted by Crippen LogP contribution is 2.23. The highest BCUT2D eigenvalue weighted by atomic mass is 16.5. The van der Waals surface area contributed by atoms with Crippen LogP contribution >= 0.6 is 0 Å². The van der Waals surface area contributed by atoms with Crippen LogP contribution in [-0.4, -0.2) is 74.9 Å². The Bertz CT molecular complexity index is 825. The molecule has 0 bridgehead atoms. The summed E-state index contributed by atoms with van der Waals surface area (Å²) in [6.07, 6.45) is 0. The lowest BCUT2D eigenvalue weighted by atomic mass is 10.1. The van der Waals surface area contributed by atoms with Crippen molar-refractivity contribution in [3.8, 4) is 0 Å². The van der Waals surface area contributed by atoms with Crippen LogP contribution in [0.25, 0.3) is 0 Å². The monoisotopic (exact) mass is 413 g/mol. The summed E-state index contributed by atoms with van der Waals surface area (Å²) < 4.78 is 16.8. The molecule has 162 valence electrons. The second-order valence-corrected chi connectivity index (χ2v) is 7.91. The third kappa shape index (κ3) is 5.49. The van der Waals surface area contributed by atoms with Gasteiger partial charge in [-0.1, -0.05) is 12.1 Å². The smallest absolute Gasteiger partial charge is 0.251 e. The van der Waals surface area contributed by atoms with Gasteiger partial charge in [0, 0.05) is 44.8 Å². The van der Waals surface area contributed by atoms with Gasteiger partial charge in [-0.25, -0.2) is 0 Å². The highest BCUT2D eigenvalue weighted by Gasteiger charge is 2.26. The van der Waals surface area contributed by atoms with E-state index in [0.29, 0.717) is 25.3 Å². The molecule has 1 aromatic heterocycles. The van der Waals surface area contributed by atoms with Gasteiger partial charge in [0.15, 0.2) is 0 Å². The maximum Gasteiger partial charge on any atom is 0.251 e. The molecule has 3 heterocycles. The van der Waals surface area contributed by atoms with Crippen LogP contribution in [-0.2, 0) is 16.0 Å². The number of furan rings is 1. The summed E-state index contributed by atoms with van der Waals surface area (Å²) in [7, 11) is 0. The fourth-order valence-electron chi connectivity index (χ4n) is 4.05. The number of benzene rings is 1. The van der Waals surface area contributed by atoms with Crippen molar-refractivity contribution >= 4 is 5.91 Å². The molecule has 0 aliphatic carbocycles. The Hall–Kier alpha value is -2.19. The third-order valence-electron chi connectivity index (χ3n) is 5.73. The molecule has 1 unspecified atom stereocenters. The van der Waals surface area contributed by atoms with E-state index in [9.17, 15) is 4.79 Å². The van der Waals surface area contributed by atoms with Crippen molar-refractivity contribution in [3.05, 3.63) is 59.0 Å². The molecule has 7 nitrogen and oxygen atoms in total. The average molecular weight is 414 g/mol. The van der Waals surface area contributed by atoms with Crippen LogP contribution in [0.2, 0.25) is 0 Å². The number of aryl methyl sites for hydroxylation is 1. The topological polar surface area (TPSA) is 67.2 Å². The lowest BCUT2D eigenvalue weighted by Gasteiger charge is -2.33. The Morgan fingerprint density at radius 3 is 2.47 bits per heavy atom. The van der Waals surface area contributed by atoms with Crippen LogP contribution in [0.3, 0.4) is 0 Å². The van der Waals surface area contributed by atoms with E-state index in [1.807, 2.05) is 37.3 Å². The Morgan fingerprint density at radius 1 is 1.03 bits per heavy atom. The fourth-order valence-corrected chi connectivity index (χ4v) is 4.05. The SMILES string of the molecule is Cc1ccc(C(CNC(=O)c2cccc(CN3CCOCC3)c2)N2CCOCC2)o1. The van der Waals surface area contributed by atoms with Crippen molar-refractivity contribution in [2.24, 2.45) is 0 Å². The zero-order valence-electron chi connectivity index (χ0n) is 17.6. The average Bonchev–Trinajstić information content (AvgIpc) is 3.21. The molecule has 1 amide bonds. The normalized spacial score (nSPS) is 19.5. The van der Waals surface area contributed by atoms with E-state index in [0.717, 1.165) is 63.0 Å². The molecule has 2 aliphatic rings. The van der Waals surface area contributed by atoms with E-state index >= 15 is 0 Å². The van der Waals surface area contributed by atoms with Crippen LogP contribution in [0.15, 0.2) is 40.8 Å². The van der Waals surface area contributed by atoms with Gasteiger partial charge in [-0.2, -0.15) is 0 Å². The van der Waals surface area contributed by atoms with Crippen molar-refractivity contribution in [2.45, 2.75) is 19.5 Å². The van der Waals surface area contributed by atoms with E-state index in [2.05, 4.69) is 21.2 Å². The largest absolute Gasteiger partial charge is 0.465 e. The number of carbonyl (C=O) groups is 1. The molecular weight excluding hydrogens is 382 g/mol. The minimum atomic E-state index is -0.0552. The van der Waals surface area contributed by atoms with Gasteiger partial charge < -0.3 is 19.2 Å². The molecule has 1 atom stereocenters. The first kappa shape index (κ1) is 21.1. The van der Waals surface area contributed by atoms with Crippen LogP contribution in [0.4, 0.5) is 0 Å². The second-order valence-electron chi connectivity index (χ2n) is 7.91. The summed E-state index contributed by atoms with van der Waals surface area (Å²) >= 11 is 0. The first-order chi connectivity index (χ1) is 14.7. The molecule has 0 spiro atoms. The van der Waals surface area contributed by atoms with E-state index in [1.165, 1.54) is 0 Å². The summed E-state index contributed by atoms with van der Waals surface area (Å²) in [6.45, 7) is 9.75. The minimum Gasteiger partial charge on any atom is -0.465 e. The third-order valence-corrected chi connectivity index (χ3v) is 5.73. The number of hydrogen-bond acceptors (Lipinski definition) is 6. The number of ether oxygens (including phenoxy) is 2. The van der Waals surface area contributed by atoms with Crippen LogP contribution in [0, 0.1) is 6.92 Å². The lowest BCUT2D eigenvalue weighted by molar-refractivity contribution is 0.0117. The van der Waals surface area contributed by atoms with E-state index in [-0.39, 0.29) is 11.9 Å². The summed E-state index contributed by atoms with van der Waals surface area (Å²) in [5, 5.41) is 3.12. The van der Waals surface area contributed by atoms with Gasteiger partial charge in [-0.15, -0.1) is 0 Å². The predicted molar refractivity (Wildman–Crippen MR) is 113 cm³/mol. The van der Waals surface area contributed by atoms with Gasteiger partial charge in [0.1, 0.15) is 11.5 Å². The first-order valence-electron chi connectivity index (χ1n) is 10.7. The second kappa shape index (κ2) is 10.2. The zero-order chi connectivity index (χ0) is 20.8. The van der Waals surface area contributed by atoms with Gasteiger partial charge >= 0.3 is 0 Å². The van der Waals surface area contributed by atoms with Crippen molar-refractivity contribution in [3.63, 3.8) is 0 Å². The molecule has 0 saturated carbocycles. The number of carbonyl (C=O) groups excluding carboxylic acids is 1. The van der Waals surface area contributed by atoms with E-state index < -0.39 is 0 Å². The maximum absolute atomic E-state index is 12.9. The summed E-state index contributed by atoms with van der Waals surface area (Å²) in [4.78, 5) is 17.6. The standard InChI is InChI=1S/C23H31N3O4/c1-18-5-6-22(30-18)21(26-9-13-29-14-10-26)16-24-23(27)20-4-2-3-19(15-20)17-25-7-11-28-12-8-25/h2-6,15,21H,7-14,16-17H2,1H3,(H,24,27). The molecule has 1 aromatic carbocycles. The number of hydrogen-bond donors (Lipinski definition) is 1. The first-order valence-corrected chi connectivity index (χ1v) is 10.7. The lowest BCUT2D eigenvalue weighted by Crippen LogP contribution is -2.43. The maximum atomic E-state index is 12.9. The highest BCUT2D eigenvalue weighted by molar-refractivity contribution is 5.94.